The van der Waals surface area contributed by atoms with Crippen LogP contribution in [-0.2, 0) is 4.79 Å². The van der Waals surface area contributed by atoms with Gasteiger partial charge in [-0.2, -0.15) is 0 Å². The summed E-state index contributed by atoms with van der Waals surface area (Å²) in [7, 11) is 0. The van der Waals surface area contributed by atoms with E-state index in [4.69, 9.17) is 5.73 Å². The third-order valence-corrected chi connectivity index (χ3v) is 4.81. The lowest BCUT2D eigenvalue weighted by molar-refractivity contribution is -0.117. The predicted octanol–water partition coefficient (Wildman–Crippen LogP) is 3.81. The highest BCUT2D eigenvalue weighted by Gasteiger charge is 2.39. The molecule has 0 bridgehead atoms. The topological polar surface area (TPSA) is 93.8 Å². The summed E-state index contributed by atoms with van der Waals surface area (Å²) in [6.45, 7) is 2.02. The quantitative estimate of drug-likeness (QED) is 0.729. The number of hydrogen-bond acceptors (Lipinski definition) is 5. The summed E-state index contributed by atoms with van der Waals surface area (Å²) >= 11 is 0. The highest BCUT2D eigenvalue weighted by Crippen LogP contribution is 2.38. The Bertz CT molecular complexity index is 1040. The Kier molecular flexibility index (Phi) is 4.18. The van der Waals surface area contributed by atoms with Crippen LogP contribution in [0.4, 0.5) is 20.4 Å². The third kappa shape index (κ3) is 3.30. The highest BCUT2D eigenvalue weighted by molar-refractivity contribution is 5.98. The molecule has 0 aliphatic heterocycles. The van der Waals surface area contributed by atoms with E-state index in [9.17, 15) is 13.6 Å². The number of carbonyl (C=O) groups is 1. The molecule has 0 spiro atoms. The lowest BCUT2D eigenvalue weighted by atomic mass is 10.0. The molecule has 0 saturated heterocycles. The van der Waals surface area contributed by atoms with Crippen LogP contribution in [-0.4, -0.2) is 20.9 Å². The number of aromatic nitrogens is 3. The first-order valence-corrected chi connectivity index (χ1v) is 8.53. The van der Waals surface area contributed by atoms with E-state index in [1.807, 2.05) is 6.92 Å². The minimum Gasteiger partial charge on any atom is -0.383 e. The van der Waals surface area contributed by atoms with Gasteiger partial charge in [0.05, 0.1) is 5.69 Å². The lowest BCUT2D eigenvalue weighted by Gasteiger charge is -2.11. The minimum atomic E-state index is -2.66. The van der Waals surface area contributed by atoms with Crippen molar-refractivity contribution in [3.05, 3.63) is 42.4 Å². The molecule has 3 N–H and O–H groups in total. The van der Waals surface area contributed by atoms with Gasteiger partial charge in [0, 0.05) is 41.0 Å². The Morgan fingerprint density at radius 1 is 1.33 bits per heavy atom. The van der Waals surface area contributed by atoms with E-state index in [0.29, 0.717) is 28.2 Å². The van der Waals surface area contributed by atoms with E-state index in [1.54, 1.807) is 12.1 Å². The van der Waals surface area contributed by atoms with Crippen LogP contribution in [0.2, 0.25) is 0 Å². The molecule has 1 aliphatic rings. The number of alkyl halides is 2. The number of nitrogens with one attached hydrogen (secondary N) is 1. The van der Waals surface area contributed by atoms with Crippen molar-refractivity contribution in [2.45, 2.75) is 19.8 Å². The second kappa shape index (κ2) is 6.53. The van der Waals surface area contributed by atoms with Gasteiger partial charge in [-0.3, -0.25) is 9.78 Å². The Hall–Kier alpha value is -3.16. The minimum absolute atomic E-state index is 0.0181. The van der Waals surface area contributed by atoms with Crippen molar-refractivity contribution in [1.29, 1.82) is 0 Å². The van der Waals surface area contributed by atoms with Gasteiger partial charge < -0.3 is 11.1 Å². The summed E-state index contributed by atoms with van der Waals surface area (Å²) < 4.78 is 26.6. The first-order valence-electron chi connectivity index (χ1n) is 8.53. The molecule has 138 valence electrons. The Labute approximate surface area is 153 Å². The van der Waals surface area contributed by atoms with Crippen LogP contribution in [0.5, 0.6) is 0 Å². The van der Waals surface area contributed by atoms with Crippen LogP contribution in [0.1, 0.15) is 25.3 Å². The molecule has 2 atom stereocenters. The molecule has 3 aromatic heterocycles. The molecule has 3 aromatic rings. The molecule has 6 nitrogen and oxygen atoms in total. The number of rotatable bonds is 4. The van der Waals surface area contributed by atoms with Crippen LogP contribution >= 0.6 is 0 Å². The lowest BCUT2D eigenvalue weighted by Crippen LogP contribution is -2.15. The van der Waals surface area contributed by atoms with Gasteiger partial charge in [-0.15, -0.1) is 0 Å². The maximum atomic E-state index is 13.3. The van der Waals surface area contributed by atoms with E-state index >= 15 is 0 Å². The van der Waals surface area contributed by atoms with Gasteiger partial charge in [0.1, 0.15) is 11.6 Å². The van der Waals surface area contributed by atoms with Gasteiger partial charge in [-0.1, -0.05) is 6.92 Å². The number of amides is 1. The molecule has 1 aliphatic carbocycles. The third-order valence-electron chi connectivity index (χ3n) is 4.81. The van der Waals surface area contributed by atoms with E-state index in [2.05, 4.69) is 20.3 Å². The number of anilines is 2. The van der Waals surface area contributed by atoms with Crippen molar-refractivity contribution < 1.29 is 13.6 Å². The Morgan fingerprint density at radius 3 is 2.81 bits per heavy atom. The fraction of sp³-hybridized carbons (Fsp3) is 0.263. The number of nitrogens with zero attached hydrogens (tertiary/aromatic N) is 3. The fourth-order valence-electron chi connectivity index (χ4n) is 3.10. The van der Waals surface area contributed by atoms with Gasteiger partial charge >= 0.3 is 0 Å². The Morgan fingerprint density at radius 2 is 2.11 bits per heavy atom. The zero-order valence-corrected chi connectivity index (χ0v) is 14.5. The average Bonchev–Trinajstić information content (AvgIpc) is 3.38. The van der Waals surface area contributed by atoms with Crippen molar-refractivity contribution in [1.82, 2.24) is 15.0 Å². The van der Waals surface area contributed by atoms with Crippen molar-refractivity contribution >= 4 is 28.3 Å². The number of carbonyl (C=O) groups excluding carboxylic acids is 1. The summed E-state index contributed by atoms with van der Waals surface area (Å²) in [5.74, 6) is 0.903. The molecule has 1 saturated carbocycles. The number of nitrogen functional groups attached to an aromatic ring is 1. The molecule has 0 radical (unpaired) electrons. The summed E-state index contributed by atoms with van der Waals surface area (Å²) in [5.41, 5.74) is 6.35. The smallest absolute Gasteiger partial charge is 0.264 e. The fourth-order valence-corrected chi connectivity index (χ4v) is 3.10. The molecule has 1 amide bonds. The first kappa shape index (κ1) is 17.3. The summed E-state index contributed by atoms with van der Waals surface area (Å²) in [6.07, 6.45) is 2.39. The standard InChI is InChI=1S/C19H17F2N5O/c1-9-4-12(9)19(27)26-16-6-10-5-15(25-18(22)13(10)8-24-16)14-7-23-3-2-11(14)17(20)21/h2-3,5-9,12,17H,4H2,1H3,(H2,22,25)(H,24,26,27)/t9-,12+/m0/s1. The van der Waals surface area contributed by atoms with Crippen LogP contribution in [0, 0.1) is 11.8 Å². The molecule has 4 rings (SSSR count). The van der Waals surface area contributed by atoms with Crippen LogP contribution in [0.25, 0.3) is 22.0 Å². The largest absolute Gasteiger partial charge is 0.383 e. The van der Waals surface area contributed by atoms with E-state index in [-0.39, 0.29) is 28.8 Å². The average molecular weight is 369 g/mol. The Balaban J connectivity index is 1.74. The van der Waals surface area contributed by atoms with Crippen molar-refractivity contribution in [2.75, 3.05) is 11.1 Å². The second-order valence-electron chi connectivity index (χ2n) is 6.76. The molecule has 1 fully saturated rings. The molecule has 3 heterocycles. The highest BCUT2D eigenvalue weighted by atomic mass is 19.3. The zero-order chi connectivity index (χ0) is 19.1. The summed E-state index contributed by atoms with van der Waals surface area (Å²) in [6, 6.07) is 4.57. The van der Waals surface area contributed by atoms with Gasteiger partial charge in [0.2, 0.25) is 5.91 Å². The van der Waals surface area contributed by atoms with Gasteiger partial charge in [-0.25, -0.2) is 18.7 Å². The molecule has 0 aromatic carbocycles. The molecular weight excluding hydrogens is 352 g/mol. The van der Waals surface area contributed by atoms with E-state index in [1.165, 1.54) is 24.7 Å². The molecule has 0 unspecified atom stereocenters. The second-order valence-corrected chi connectivity index (χ2v) is 6.76. The number of fused-ring (bicyclic) bond motifs is 1. The van der Waals surface area contributed by atoms with Gasteiger partial charge in [-0.05, 0) is 35.9 Å². The number of pyridine rings is 3. The summed E-state index contributed by atoms with van der Waals surface area (Å²) in [5, 5.41) is 4.02. The number of nitrogens with two attached hydrogens (primary N) is 1. The number of hydrogen-bond donors (Lipinski definition) is 2. The van der Waals surface area contributed by atoms with Gasteiger partial charge in [0.25, 0.3) is 6.43 Å². The maximum Gasteiger partial charge on any atom is 0.264 e. The first-order chi connectivity index (χ1) is 12.9. The van der Waals surface area contributed by atoms with Crippen LogP contribution in [0.15, 0.2) is 36.8 Å². The number of halogens is 2. The monoisotopic (exact) mass is 369 g/mol. The van der Waals surface area contributed by atoms with Crippen LogP contribution < -0.4 is 11.1 Å². The molecular formula is C19H17F2N5O. The van der Waals surface area contributed by atoms with Crippen molar-refractivity contribution in [2.24, 2.45) is 11.8 Å². The molecule has 8 heteroatoms. The van der Waals surface area contributed by atoms with Crippen molar-refractivity contribution in [3.63, 3.8) is 0 Å². The van der Waals surface area contributed by atoms with E-state index < -0.39 is 6.43 Å². The van der Waals surface area contributed by atoms with Crippen LogP contribution in [0.3, 0.4) is 0 Å². The predicted molar refractivity (Wildman–Crippen MR) is 98.0 cm³/mol. The maximum absolute atomic E-state index is 13.3. The van der Waals surface area contributed by atoms with Crippen molar-refractivity contribution in [3.8, 4) is 11.3 Å². The summed E-state index contributed by atoms with van der Waals surface area (Å²) in [4.78, 5) is 24.5. The van der Waals surface area contributed by atoms with E-state index in [0.717, 1.165) is 6.42 Å². The SMILES string of the molecule is C[C@H]1C[C@H]1C(=O)Nc1cc2cc(-c3cnccc3C(F)F)nc(N)c2cn1. The van der Waals surface area contributed by atoms with Gasteiger partial charge in [0.15, 0.2) is 0 Å². The molecule has 27 heavy (non-hydrogen) atoms. The zero-order valence-electron chi connectivity index (χ0n) is 14.5. The normalized spacial score (nSPS) is 18.7.